The van der Waals surface area contributed by atoms with Crippen molar-refractivity contribution in [2.24, 2.45) is 0 Å². The van der Waals surface area contributed by atoms with Gasteiger partial charge in [0.05, 0.1) is 0 Å². The number of rotatable bonds is 12. The molecule has 0 radical (unpaired) electrons. The Morgan fingerprint density at radius 2 is 1.42 bits per heavy atom. The number of hydrogen-bond acceptors (Lipinski definition) is 7. The van der Waals surface area contributed by atoms with Crippen LogP contribution >= 0.6 is 0 Å². The number of esters is 2. The van der Waals surface area contributed by atoms with Crippen LogP contribution in [0.15, 0.2) is 78.9 Å². The van der Waals surface area contributed by atoms with Gasteiger partial charge in [0.2, 0.25) is 0 Å². The summed E-state index contributed by atoms with van der Waals surface area (Å²) < 4.78 is 35.9. The molecule has 0 atom stereocenters. The Bertz CT molecular complexity index is 1140. The molecule has 2 aromatic carbocycles. The molecule has 0 bridgehead atoms. The van der Waals surface area contributed by atoms with Gasteiger partial charge < -0.3 is 18.9 Å². The van der Waals surface area contributed by atoms with Gasteiger partial charge in [0.15, 0.2) is 23.6 Å². The van der Waals surface area contributed by atoms with Crippen molar-refractivity contribution >= 4 is 17.8 Å². The van der Waals surface area contributed by atoms with Crippen molar-refractivity contribution < 1.29 is 32.9 Å². The van der Waals surface area contributed by atoms with E-state index < -0.39 is 23.9 Å². The van der Waals surface area contributed by atoms with Crippen molar-refractivity contribution in [3.63, 3.8) is 0 Å². The molecule has 0 aliphatic carbocycles. The minimum Gasteiger partial charge on any atom is -0.483 e. The molecule has 190 valence electrons. The summed E-state index contributed by atoms with van der Waals surface area (Å²) in [5, 5.41) is 7.77. The minimum absolute atomic E-state index is 0.0404. The van der Waals surface area contributed by atoms with E-state index in [2.05, 4.69) is 19.7 Å². The predicted octanol–water partition coefficient (Wildman–Crippen LogP) is 5.80. The molecule has 0 spiro atoms. The largest absolute Gasteiger partial charge is 0.483 e. The van der Waals surface area contributed by atoms with E-state index in [-0.39, 0.29) is 42.4 Å². The van der Waals surface area contributed by atoms with Gasteiger partial charge in [-0.1, -0.05) is 43.5 Å². The van der Waals surface area contributed by atoms with Crippen molar-refractivity contribution in [2.75, 3.05) is 13.2 Å². The Balaban J connectivity index is 2.10. The molecule has 0 aromatic heterocycles. The molecule has 0 saturated heterocycles. The lowest BCUT2D eigenvalue weighted by molar-refractivity contribution is -0.146. The van der Waals surface area contributed by atoms with Crippen LogP contribution in [0, 0.1) is 11.2 Å². The maximum Gasteiger partial charge on any atom is 0.333 e. The molecule has 2 rings (SSSR count). The number of nitrogens with one attached hydrogen (secondary N) is 1. The number of hydrogen-bond donors (Lipinski definition) is 1. The Morgan fingerprint density at radius 3 is 1.89 bits per heavy atom. The van der Waals surface area contributed by atoms with Gasteiger partial charge in [0.25, 0.3) is 0 Å². The summed E-state index contributed by atoms with van der Waals surface area (Å²) in [6.07, 6.45) is -0.548. The van der Waals surface area contributed by atoms with E-state index in [1.54, 1.807) is 37.3 Å². The molecule has 0 heterocycles. The standard InChI is InChI=1S/C28H30FNO6/c1-17(2)13-26(30)36-25-12-9-21(14-24(25)29)20-7-10-22(11-8-20)35-23(15-33-27(31)18(3)4)16-34-28(32)19(5)6/h7-12,14,23,30H,1,3,5,13,15-16H2,2,4,6H3. The summed E-state index contributed by atoms with van der Waals surface area (Å²) in [6, 6.07) is 11.2. The first-order valence-electron chi connectivity index (χ1n) is 11.1. The molecule has 0 amide bonds. The molecule has 0 fully saturated rings. The zero-order valence-electron chi connectivity index (χ0n) is 20.7. The summed E-state index contributed by atoms with van der Waals surface area (Å²) in [5.41, 5.74) is 2.51. The highest BCUT2D eigenvalue weighted by atomic mass is 19.1. The quantitative estimate of drug-likeness (QED) is 0.131. The molecular formula is C28H30FNO6. The van der Waals surface area contributed by atoms with Crippen molar-refractivity contribution in [3.05, 3.63) is 84.7 Å². The monoisotopic (exact) mass is 495 g/mol. The average Bonchev–Trinajstić information content (AvgIpc) is 2.81. The van der Waals surface area contributed by atoms with Crippen LogP contribution in [-0.2, 0) is 19.1 Å². The van der Waals surface area contributed by atoms with Gasteiger partial charge in [-0.15, -0.1) is 0 Å². The summed E-state index contributed by atoms with van der Waals surface area (Å²) in [6.45, 7) is 15.2. The van der Waals surface area contributed by atoms with Crippen molar-refractivity contribution in [3.8, 4) is 22.6 Å². The lowest BCUT2D eigenvalue weighted by atomic mass is 10.1. The van der Waals surface area contributed by atoms with E-state index in [0.717, 1.165) is 5.57 Å². The molecule has 36 heavy (non-hydrogen) atoms. The van der Waals surface area contributed by atoms with E-state index >= 15 is 0 Å². The molecule has 8 heteroatoms. The third kappa shape index (κ3) is 8.87. The van der Waals surface area contributed by atoms with Gasteiger partial charge in [0, 0.05) is 17.6 Å². The van der Waals surface area contributed by atoms with Crippen molar-refractivity contribution in [1.29, 1.82) is 5.41 Å². The van der Waals surface area contributed by atoms with E-state index in [1.807, 2.05) is 0 Å². The summed E-state index contributed by atoms with van der Waals surface area (Å²) in [5.74, 6) is -1.48. The SMILES string of the molecule is C=C(C)CC(=N)Oc1ccc(-c2ccc(OC(COC(=O)C(=C)C)COC(=O)C(=C)C)cc2)cc1F. The predicted molar refractivity (Wildman–Crippen MR) is 136 cm³/mol. The van der Waals surface area contributed by atoms with Crippen LogP contribution in [0.3, 0.4) is 0 Å². The first-order valence-corrected chi connectivity index (χ1v) is 11.1. The second-order valence-electron chi connectivity index (χ2n) is 8.33. The van der Waals surface area contributed by atoms with E-state index in [9.17, 15) is 14.0 Å². The fourth-order valence-corrected chi connectivity index (χ4v) is 2.82. The smallest absolute Gasteiger partial charge is 0.333 e. The zero-order valence-corrected chi connectivity index (χ0v) is 20.7. The molecule has 0 aliphatic rings. The van der Waals surface area contributed by atoms with E-state index in [4.69, 9.17) is 24.4 Å². The van der Waals surface area contributed by atoms with Crippen molar-refractivity contribution in [2.45, 2.75) is 33.3 Å². The summed E-state index contributed by atoms with van der Waals surface area (Å²) in [7, 11) is 0. The number of carbonyl (C=O) groups excluding carboxylic acids is 2. The molecule has 0 saturated carbocycles. The third-order valence-corrected chi connectivity index (χ3v) is 4.62. The Hall–Kier alpha value is -4.20. The topological polar surface area (TPSA) is 94.9 Å². The third-order valence-electron chi connectivity index (χ3n) is 4.62. The fourth-order valence-electron chi connectivity index (χ4n) is 2.82. The summed E-state index contributed by atoms with van der Waals surface area (Å²) in [4.78, 5) is 23.5. The first kappa shape index (κ1) is 28.0. The van der Waals surface area contributed by atoms with Crippen LogP contribution in [0.25, 0.3) is 11.1 Å². The van der Waals surface area contributed by atoms with E-state index in [0.29, 0.717) is 16.9 Å². The van der Waals surface area contributed by atoms with Crippen LogP contribution in [0.1, 0.15) is 27.2 Å². The summed E-state index contributed by atoms with van der Waals surface area (Å²) >= 11 is 0. The highest BCUT2D eigenvalue weighted by Gasteiger charge is 2.18. The van der Waals surface area contributed by atoms with E-state index in [1.165, 1.54) is 26.0 Å². The molecule has 1 N–H and O–H groups in total. The maximum absolute atomic E-state index is 14.5. The number of ether oxygens (including phenoxy) is 4. The van der Waals surface area contributed by atoms with Crippen LogP contribution in [-0.4, -0.2) is 37.2 Å². The molecule has 2 aromatic rings. The first-order chi connectivity index (χ1) is 17.0. The van der Waals surface area contributed by atoms with Crippen LogP contribution in [0.5, 0.6) is 11.5 Å². The van der Waals surface area contributed by atoms with Gasteiger partial charge in [-0.25, -0.2) is 14.0 Å². The highest BCUT2D eigenvalue weighted by molar-refractivity contribution is 5.87. The second-order valence-corrected chi connectivity index (χ2v) is 8.33. The molecule has 0 unspecified atom stereocenters. The van der Waals surface area contributed by atoms with Gasteiger partial charge in [-0.2, -0.15) is 0 Å². The Morgan fingerprint density at radius 1 is 0.889 bits per heavy atom. The average molecular weight is 496 g/mol. The maximum atomic E-state index is 14.5. The lowest BCUT2D eigenvalue weighted by Crippen LogP contribution is -2.31. The van der Waals surface area contributed by atoms with Crippen LogP contribution in [0.4, 0.5) is 4.39 Å². The Kier molecular flexibility index (Phi) is 10.2. The Labute approximate surface area is 210 Å². The second kappa shape index (κ2) is 13.0. The number of benzene rings is 2. The molecular weight excluding hydrogens is 465 g/mol. The number of halogens is 1. The van der Waals surface area contributed by atoms with Gasteiger partial charge in [0.1, 0.15) is 19.0 Å². The fraction of sp³-hybridized carbons (Fsp3) is 0.250. The van der Waals surface area contributed by atoms with Gasteiger partial charge >= 0.3 is 11.9 Å². The zero-order chi connectivity index (χ0) is 26.8. The molecule has 0 aliphatic heterocycles. The van der Waals surface area contributed by atoms with Gasteiger partial charge in [-0.3, -0.25) is 5.41 Å². The highest BCUT2D eigenvalue weighted by Crippen LogP contribution is 2.28. The van der Waals surface area contributed by atoms with Crippen LogP contribution in [0.2, 0.25) is 0 Å². The molecule has 7 nitrogen and oxygen atoms in total. The normalized spacial score (nSPS) is 10.4. The van der Waals surface area contributed by atoms with Gasteiger partial charge in [-0.05, 0) is 56.2 Å². The van der Waals surface area contributed by atoms with Crippen LogP contribution < -0.4 is 9.47 Å². The number of carbonyl (C=O) groups is 2. The lowest BCUT2D eigenvalue weighted by Gasteiger charge is -2.19. The minimum atomic E-state index is -0.772. The van der Waals surface area contributed by atoms with Crippen molar-refractivity contribution in [1.82, 2.24) is 0 Å².